The number of rotatable bonds is 9. The molecule has 1 aliphatic heterocycles. The van der Waals surface area contributed by atoms with E-state index >= 15 is 0 Å². The van der Waals surface area contributed by atoms with Gasteiger partial charge in [0.25, 0.3) is 0 Å². The third-order valence-electron chi connectivity index (χ3n) is 4.40. The molecule has 2 N–H and O–H groups in total. The molecule has 1 aromatic rings. The second kappa shape index (κ2) is 11.8. The van der Waals surface area contributed by atoms with Crippen LogP contribution in [0.25, 0.3) is 0 Å². The molecule has 6 nitrogen and oxygen atoms in total. The Labute approximate surface area is 161 Å². The van der Waals surface area contributed by atoms with E-state index in [-0.39, 0.29) is 24.9 Å². The Morgan fingerprint density at radius 1 is 1.35 bits per heavy atom. The van der Waals surface area contributed by atoms with Gasteiger partial charge in [-0.25, -0.2) is 0 Å². The molecule has 0 spiro atoms. The third-order valence-corrected chi connectivity index (χ3v) is 4.40. The van der Waals surface area contributed by atoms with Gasteiger partial charge < -0.3 is 15.2 Å². The van der Waals surface area contributed by atoms with Crippen molar-refractivity contribution < 1.29 is 19.4 Å². The zero-order valence-electron chi connectivity index (χ0n) is 15.3. The van der Waals surface area contributed by atoms with E-state index in [2.05, 4.69) is 12.2 Å². The van der Waals surface area contributed by atoms with Gasteiger partial charge in [0.05, 0.1) is 13.2 Å². The van der Waals surface area contributed by atoms with Crippen molar-refractivity contribution in [2.45, 2.75) is 51.6 Å². The molecule has 1 aromatic carbocycles. The number of hydrogen-bond acceptors (Lipinski definition) is 4. The van der Waals surface area contributed by atoms with Gasteiger partial charge in [-0.05, 0) is 43.5 Å². The quantitative estimate of drug-likeness (QED) is 0.640. The molecule has 2 rings (SSSR count). The van der Waals surface area contributed by atoms with Gasteiger partial charge in [-0.15, -0.1) is 12.4 Å². The first-order valence-corrected chi connectivity index (χ1v) is 9.05. The Hall–Kier alpha value is -1.79. The molecule has 0 aliphatic carbocycles. The highest BCUT2D eigenvalue weighted by molar-refractivity contribution is 5.85. The van der Waals surface area contributed by atoms with Gasteiger partial charge >= 0.3 is 5.97 Å². The third kappa shape index (κ3) is 7.22. The summed E-state index contributed by atoms with van der Waals surface area (Å²) in [6, 6.07) is 7.14. The number of amides is 1. The van der Waals surface area contributed by atoms with Gasteiger partial charge in [0.15, 0.2) is 0 Å². The van der Waals surface area contributed by atoms with Crippen LogP contribution in [-0.2, 0) is 16.1 Å². The highest BCUT2D eigenvalue weighted by Gasteiger charge is 2.29. The molecule has 1 heterocycles. The number of aliphatic carboxylic acids is 1. The largest absolute Gasteiger partial charge is 0.494 e. The average molecular weight is 385 g/mol. The molecule has 146 valence electrons. The van der Waals surface area contributed by atoms with Crippen molar-refractivity contribution in [2.24, 2.45) is 0 Å². The number of ether oxygens (including phenoxy) is 1. The van der Waals surface area contributed by atoms with Crippen molar-refractivity contribution in [3.63, 3.8) is 0 Å². The summed E-state index contributed by atoms with van der Waals surface area (Å²) in [6.45, 7) is 4.01. The van der Waals surface area contributed by atoms with Gasteiger partial charge in [-0.2, -0.15) is 0 Å². The Morgan fingerprint density at radius 3 is 2.88 bits per heavy atom. The van der Waals surface area contributed by atoms with Gasteiger partial charge in [0.1, 0.15) is 11.8 Å². The first-order chi connectivity index (χ1) is 12.1. The molecular weight excluding hydrogens is 356 g/mol. The van der Waals surface area contributed by atoms with E-state index in [0.717, 1.165) is 37.0 Å². The van der Waals surface area contributed by atoms with Crippen molar-refractivity contribution in [2.75, 3.05) is 19.7 Å². The van der Waals surface area contributed by atoms with Crippen molar-refractivity contribution >= 4 is 24.3 Å². The van der Waals surface area contributed by atoms with E-state index < -0.39 is 12.0 Å². The lowest BCUT2D eigenvalue weighted by molar-refractivity contribution is -0.145. The fourth-order valence-electron chi connectivity index (χ4n) is 2.98. The molecule has 1 atom stereocenters. The van der Waals surface area contributed by atoms with Crippen LogP contribution < -0.4 is 10.1 Å². The number of halogens is 1. The monoisotopic (exact) mass is 384 g/mol. The summed E-state index contributed by atoms with van der Waals surface area (Å²) >= 11 is 0. The summed E-state index contributed by atoms with van der Waals surface area (Å²) in [7, 11) is 0. The number of likely N-dealkylation sites (tertiary alicyclic amines) is 1. The summed E-state index contributed by atoms with van der Waals surface area (Å²) < 4.78 is 5.67. The van der Waals surface area contributed by atoms with Crippen LogP contribution in [0.2, 0.25) is 0 Å². The maximum Gasteiger partial charge on any atom is 0.320 e. The normalized spacial score (nSPS) is 17.2. The molecule has 1 unspecified atom stereocenters. The predicted octanol–water partition coefficient (Wildman–Crippen LogP) is 2.84. The number of nitrogens with zero attached hydrogens (tertiary/aromatic N) is 1. The van der Waals surface area contributed by atoms with Gasteiger partial charge in [-0.1, -0.05) is 31.9 Å². The van der Waals surface area contributed by atoms with Crippen LogP contribution in [-0.4, -0.2) is 47.6 Å². The minimum Gasteiger partial charge on any atom is -0.494 e. The van der Waals surface area contributed by atoms with E-state index in [9.17, 15) is 14.7 Å². The molecule has 1 saturated heterocycles. The Bertz CT molecular complexity index is 582. The minimum absolute atomic E-state index is 0. The van der Waals surface area contributed by atoms with Crippen LogP contribution >= 0.6 is 12.4 Å². The van der Waals surface area contributed by atoms with Gasteiger partial charge in [0.2, 0.25) is 5.91 Å². The van der Waals surface area contributed by atoms with Crippen LogP contribution in [0.3, 0.4) is 0 Å². The molecule has 26 heavy (non-hydrogen) atoms. The zero-order valence-corrected chi connectivity index (χ0v) is 16.1. The molecule has 7 heteroatoms. The summed E-state index contributed by atoms with van der Waals surface area (Å²) in [4.78, 5) is 25.2. The molecule has 0 radical (unpaired) electrons. The fourth-order valence-corrected chi connectivity index (χ4v) is 2.98. The number of carboxylic acid groups (broad SMARTS) is 1. The zero-order chi connectivity index (χ0) is 18.1. The second-order valence-corrected chi connectivity index (χ2v) is 6.45. The Kier molecular flexibility index (Phi) is 10.1. The lowest BCUT2D eigenvalue weighted by Crippen LogP contribution is -2.48. The van der Waals surface area contributed by atoms with E-state index in [0.29, 0.717) is 26.1 Å². The number of carbonyl (C=O) groups excluding carboxylic acids is 1. The van der Waals surface area contributed by atoms with Crippen molar-refractivity contribution in [3.8, 4) is 5.75 Å². The molecule has 0 aromatic heterocycles. The SMILES string of the molecule is CCCCOc1cccc(CNC(=O)CN2CCCCC2C(=O)O)c1.Cl. The van der Waals surface area contributed by atoms with Crippen LogP contribution in [0.5, 0.6) is 5.75 Å². The van der Waals surface area contributed by atoms with Gasteiger partial charge in [0, 0.05) is 6.54 Å². The minimum atomic E-state index is -0.843. The average Bonchev–Trinajstić information content (AvgIpc) is 2.61. The smallest absolute Gasteiger partial charge is 0.320 e. The maximum atomic E-state index is 12.2. The predicted molar refractivity (Wildman–Crippen MR) is 103 cm³/mol. The van der Waals surface area contributed by atoms with E-state index in [4.69, 9.17) is 4.74 Å². The molecule has 1 fully saturated rings. The summed E-state index contributed by atoms with van der Waals surface area (Å²) in [5.41, 5.74) is 0.968. The van der Waals surface area contributed by atoms with Crippen LogP contribution in [0.4, 0.5) is 0 Å². The van der Waals surface area contributed by atoms with E-state index in [1.165, 1.54) is 0 Å². The molecule has 0 saturated carbocycles. The standard InChI is InChI=1S/C19H28N2O4.ClH/c1-2-3-11-25-16-8-6-7-15(12-16)13-20-18(22)14-21-10-5-4-9-17(21)19(23)24;/h6-8,12,17H,2-5,9-11,13-14H2,1H3,(H,20,22)(H,23,24);1H. The summed E-state index contributed by atoms with van der Waals surface area (Å²) in [6.07, 6.45) is 4.55. The fraction of sp³-hybridized carbons (Fsp3) is 0.579. The number of piperidine rings is 1. The van der Waals surface area contributed by atoms with Crippen molar-refractivity contribution in [1.29, 1.82) is 0 Å². The summed E-state index contributed by atoms with van der Waals surface area (Å²) in [5.74, 6) is -0.183. The highest BCUT2D eigenvalue weighted by atomic mass is 35.5. The van der Waals surface area contributed by atoms with Crippen LogP contribution in [0, 0.1) is 0 Å². The van der Waals surface area contributed by atoms with Crippen molar-refractivity contribution in [1.82, 2.24) is 10.2 Å². The second-order valence-electron chi connectivity index (χ2n) is 6.45. The first-order valence-electron chi connectivity index (χ1n) is 9.05. The number of carboxylic acids is 1. The first kappa shape index (κ1) is 22.3. The van der Waals surface area contributed by atoms with E-state index in [1.807, 2.05) is 24.3 Å². The molecule has 1 aliphatic rings. The van der Waals surface area contributed by atoms with Crippen LogP contribution in [0.15, 0.2) is 24.3 Å². The lowest BCUT2D eigenvalue weighted by atomic mass is 10.0. The number of nitrogens with one attached hydrogen (secondary N) is 1. The number of hydrogen-bond donors (Lipinski definition) is 2. The number of unbranched alkanes of at least 4 members (excludes halogenated alkanes) is 1. The van der Waals surface area contributed by atoms with Crippen LogP contribution in [0.1, 0.15) is 44.6 Å². The Balaban J connectivity index is 0.00000338. The van der Waals surface area contributed by atoms with Crippen molar-refractivity contribution in [3.05, 3.63) is 29.8 Å². The molecule has 0 bridgehead atoms. The van der Waals surface area contributed by atoms with E-state index in [1.54, 1.807) is 4.90 Å². The topological polar surface area (TPSA) is 78.9 Å². The van der Waals surface area contributed by atoms with Gasteiger partial charge in [-0.3, -0.25) is 14.5 Å². The Morgan fingerprint density at radius 2 is 2.15 bits per heavy atom. The lowest BCUT2D eigenvalue weighted by Gasteiger charge is -2.32. The molecular formula is C19H29ClN2O4. The number of carbonyl (C=O) groups is 2. The summed E-state index contributed by atoms with van der Waals surface area (Å²) in [5, 5.41) is 12.1. The highest BCUT2D eigenvalue weighted by Crippen LogP contribution is 2.17. The molecule has 1 amide bonds. The number of benzene rings is 1. The maximum absolute atomic E-state index is 12.2.